The van der Waals surface area contributed by atoms with Crippen LogP contribution in [0.1, 0.15) is 40.3 Å². The first-order chi connectivity index (χ1) is 18.9. The van der Waals surface area contributed by atoms with Crippen molar-refractivity contribution in [2.24, 2.45) is 0 Å². The molecule has 10 heteroatoms. The molecule has 5 rings (SSSR count). The molecule has 1 atom stereocenters. The van der Waals surface area contributed by atoms with Crippen LogP contribution in [-0.4, -0.2) is 64.6 Å². The third kappa shape index (κ3) is 5.51. The highest BCUT2D eigenvalue weighted by Gasteiger charge is 2.32. The highest BCUT2D eigenvalue weighted by Crippen LogP contribution is 2.28. The molecule has 0 spiro atoms. The lowest BCUT2D eigenvalue weighted by Crippen LogP contribution is -2.56. The highest BCUT2D eigenvalue weighted by atomic mass is 32.1. The molecule has 2 aromatic carbocycles. The van der Waals surface area contributed by atoms with E-state index in [0.29, 0.717) is 48.7 Å². The van der Waals surface area contributed by atoms with Crippen LogP contribution in [0.2, 0.25) is 0 Å². The van der Waals surface area contributed by atoms with Gasteiger partial charge < -0.3 is 24.4 Å². The fraction of sp³-hybridized carbons (Fsp3) is 0.276. The first-order valence-electron chi connectivity index (χ1n) is 12.8. The van der Waals surface area contributed by atoms with Crippen molar-refractivity contribution in [3.63, 3.8) is 0 Å². The summed E-state index contributed by atoms with van der Waals surface area (Å²) in [7, 11) is 0. The van der Waals surface area contributed by atoms with Crippen molar-refractivity contribution in [1.29, 1.82) is 0 Å². The number of hydrogen-bond acceptors (Lipinski definition) is 5. The van der Waals surface area contributed by atoms with Gasteiger partial charge in [-0.25, -0.2) is 14.0 Å². The summed E-state index contributed by atoms with van der Waals surface area (Å²) in [5, 5.41) is 5.77. The summed E-state index contributed by atoms with van der Waals surface area (Å²) in [6.07, 6.45) is 0. The van der Waals surface area contributed by atoms with Crippen LogP contribution in [0.25, 0.3) is 10.2 Å². The van der Waals surface area contributed by atoms with Crippen LogP contribution in [0.15, 0.2) is 66.0 Å². The fourth-order valence-corrected chi connectivity index (χ4v) is 5.71. The number of anilines is 1. The zero-order valence-electron chi connectivity index (χ0n) is 21.7. The Balaban J connectivity index is 1.26. The van der Waals surface area contributed by atoms with Crippen LogP contribution >= 0.6 is 11.3 Å². The van der Waals surface area contributed by atoms with E-state index in [1.807, 2.05) is 29.0 Å². The van der Waals surface area contributed by atoms with E-state index in [-0.39, 0.29) is 30.3 Å². The van der Waals surface area contributed by atoms with Gasteiger partial charge in [-0.1, -0.05) is 18.2 Å². The lowest BCUT2D eigenvalue weighted by molar-refractivity contribution is 0.0525. The van der Waals surface area contributed by atoms with Gasteiger partial charge in [-0.2, -0.15) is 0 Å². The topological polar surface area (TPSA) is 83.9 Å². The summed E-state index contributed by atoms with van der Waals surface area (Å²) in [5.41, 5.74) is 1.99. The molecule has 1 N–H and O–H groups in total. The number of rotatable bonds is 6. The predicted molar refractivity (Wildman–Crippen MR) is 149 cm³/mol. The van der Waals surface area contributed by atoms with E-state index < -0.39 is 5.97 Å². The number of amides is 3. The molecule has 1 saturated heterocycles. The van der Waals surface area contributed by atoms with Gasteiger partial charge in [-0.3, -0.25) is 4.79 Å². The first kappa shape index (κ1) is 26.4. The third-order valence-electron chi connectivity index (χ3n) is 6.83. The van der Waals surface area contributed by atoms with Crippen LogP contribution in [0.4, 0.5) is 14.9 Å². The quantitative estimate of drug-likeness (QED) is 0.325. The van der Waals surface area contributed by atoms with Gasteiger partial charge in [-0.15, -0.1) is 11.3 Å². The maximum absolute atomic E-state index is 14.4. The van der Waals surface area contributed by atoms with Crippen molar-refractivity contribution >= 4 is 45.1 Å². The maximum Gasteiger partial charge on any atom is 0.338 e. The second kappa shape index (κ2) is 11.3. The standard InChI is InChI=1S/C29H29FN4O4S/c1-3-38-28(36)20-8-10-23(11-9-20)31-29(37)33-14-13-32(17-19(33)2)26(35)25-16-21-12-15-39-27(21)34(25)18-22-6-4-5-7-24(22)30/h4-12,15-16,19H,3,13-14,17-18H2,1-2H3,(H,31,37)/t19-/m1/s1. The molecule has 3 amide bonds. The molecule has 1 aliphatic heterocycles. The number of carbonyl (C=O) groups excluding carboxylic acids is 3. The Kier molecular flexibility index (Phi) is 7.65. The Morgan fingerprint density at radius 2 is 1.85 bits per heavy atom. The number of esters is 1. The smallest absolute Gasteiger partial charge is 0.338 e. The van der Waals surface area contributed by atoms with Crippen molar-refractivity contribution < 1.29 is 23.5 Å². The Morgan fingerprint density at radius 3 is 2.56 bits per heavy atom. The van der Waals surface area contributed by atoms with Gasteiger partial charge in [0.1, 0.15) is 16.3 Å². The number of thiophene rings is 1. The third-order valence-corrected chi connectivity index (χ3v) is 7.78. The van der Waals surface area contributed by atoms with Crippen molar-refractivity contribution in [2.45, 2.75) is 26.4 Å². The molecular formula is C29H29FN4O4S. The number of urea groups is 1. The molecule has 4 aromatic rings. The normalized spacial score (nSPS) is 15.4. The van der Waals surface area contributed by atoms with Gasteiger partial charge in [0, 0.05) is 42.3 Å². The predicted octanol–water partition coefficient (Wildman–Crippen LogP) is 5.45. The van der Waals surface area contributed by atoms with Crippen LogP contribution in [0.3, 0.4) is 0 Å². The van der Waals surface area contributed by atoms with E-state index in [0.717, 1.165) is 10.2 Å². The molecule has 1 fully saturated rings. The zero-order valence-corrected chi connectivity index (χ0v) is 22.5. The number of carbonyl (C=O) groups is 3. The molecule has 2 aromatic heterocycles. The summed E-state index contributed by atoms with van der Waals surface area (Å²) in [6, 6.07) is 16.4. The van der Waals surface area contributed by atoms with E-state index >= 15 is 0 Å². The largest absolute Gasteiger partial charge is 0.462 e. The Morgan fingerprint density at radius 1 is 1.08 bits per heavy atom. The van der Waals surface area contributed by atoms with Crippen molar-refractivity contribution in [1.82, 2.24) is 14.4 Å². The van der Waals surface area contributed by atoms with E-state index in [2.05, 4.69) is 5.32 Å². The lowest BCUT2D eigenvalue weighted by Gasteiger charge is -2.39. The molecule has 0 aliphatic carbocycles. The Bertz CT molecular complexity index is 1510. The second-order valence-corrected chi connectivity index (χ2v) is 10.3. The van der Waals surface area contributed by atoms with Crippen LogP contribution in [-0.2, 0) is 11.3 Å². The van der Waals surface area contributed by atoms with Gasteiger partial charge in [0.05, 0.1) is 18.7 Å². The first-order valence-corrected chi connectivity index (χ1v) is 13.7. The molecule has 8 nitrogen and oxygen atoms in total. The summed E-state index contributed by atoms with van der Waals surface area (Å²) in [4.78, 5) is 42.9. The minimum atomic E-state index is -0.412. The number of halogens is 1. The number of fused-ring (bicyclic) bond motifs is 1. The average Bonchev–Trinajstić information content (AvgIpc) is 3.52. The van der Waals surface area contributed by atoms with E-state index in [1.165, 1.54) is 17.4 Å². The number of nitrogens with zero attached hydrogens (tertiary/aromatic N) is 3. The van der Waals surface area contributed by atoms with Gasteiger partial charge in [0.2, 0.25) is 0 Å². The van der Waals surface area contributed by atoms with E-state index in [9.17, 15) is 18.8 Å². The maximum atomic E-state index is 14.4. The number of nitrogens with one attached hydrogen (secondary N) is 1. The lowest BCUT2D eigenvalue weighted by atomic mass is 10.1. The molecule has 3 heterocycles. The summed E-state index contributed by atoms with van der Waals surface area (Å²) >= 11 is 1.52. The van der Waals surface area contributed by atoms with Crippen LogP contribution in [0.5, 0.6) is 0 Å². The molecular weight excluding hydrogens is 519 g/mol. The molecule has 0 saturated carbocycles. The number of benzene rings is 2. The average molecular weight is 549 g/mol. The molecule has 202 valence electrons. The zero-order chi connectivity index (χ0) is 27.5. The Hall–Kier alpha value is -4.18. The molecule has 1 aliphatic rings. The second-order valence-electron chi connectivity index (χ2n) is 9.41. The number of aromatic nitrogens is 1. The van der Waals surface area contributed by atoms with Gasteiger partial charge >= 0.3 is 12.0 Å². The van der Waals surface area contributed by atoms with Crippen LogP contribution < -0.4 is 5.32 Å². The monoisotopic (exact) mass is 548 g/mol. The number of piperazine rings is 1. The van der Waals surface area contributed by atoms with Gasteiger partial charge in [0.15, 0.2) is 0 Å². The molecule has 0 unspecified atom stereocenters. The number of ether oxygens (including phenoxy) is 1. The van der Waals surface area contributed by atoms with Crippen molar-refractivity contribution in [2.75, 3.05) is 31.6 Å². The molecule has 39 heavy (non-hydrogen) atoms. The van der Waals surface area contributed by atoms with Gasteiger partial charge in [-0.05, 0) is 61.7 Å². The number of hydrogen-bond donors (Lipinski definition) is 1. The SMILES string of the molecule is CCOC(=O)c1ccc(NC(=O)N2CCN(C(=O)c3cc4ccsc4n3Cc3ccccc3F)C[C@H]2C)cc1. The van der Waals surface area contributed by atoms with Crippen molar-refractivity contribution in [3.8, 4) is 0 Å². The van der Waals surface area contributed by atoms with Crippen molar-refractivity contribution in [3.05, 3.63) is 88.7 Å². The van der Waals surface area contributed by atoms with Gasteiger partial charge in [0.25, 0.3) is 5.91 Å². The van der Waals surface area contributed by atoms with Crippen LogP contribution in [0, 0.1) is 5.82 Å². The van der Waals surface area contributed by atoms with E-state index in [4.69, 9.17) is 4.74 Å². The Labute approximate surface area is 229 Å². The minimum Gasteiger partial charge on any atom is -0.462 e. The summed E-state index contributed by atoms with van der Waals surface area (Å²) < 4.78 is 21.3. The minimum absolute atomic E-state index is 0.142. The summed E-state index contributed by atoms with van der Waals surface area (Å²) in [6.45, 7) is 5.29. The molecule has 0 radical (unpaired) electrons. The molecule has 0 bridgehead atoms. The van der Waals surface area contributed by atoms with E-state index in [1.54, 1.807) is 59.2 Å². The summed E-state index contributed by atoms with van der Waals surface area (Å²) in [5.74, 6) is -0.862. The fourth-order valence-electron chi connectivity index (χ4n) is 4.81. The highest BCUT2D eigenvalue weighted by molar-refractivity contribution is 7.16.